The Balaban J connectivity index is 1.10. The second kappa shape index (κ2) is 15.6. The topological polar surface area (TPSA) is 0 Å². The number of rotatable bonds is 11. The molecule has 4 rings (SSSR count). The molecule has 2 unspecified atom stereocenters. The Morgan fingerprint density at radius 2 is 0.944 bits per heavy atom. The third-order valence-corrected chi connectivity index (χ3v) is 10.9. The van der Waals surface area contributed by atoms with Gasteiger partial charge >= 0.3 is 0 Å². The van der Waals surface area contributed by atoms with Crippen molar-refractivity contribution in [3.63, 3.8) is 0 Å². The molecule has 0 heteroatoms. The minimum Gasteiger partial charge on any atom is -0.0848 e. The molecule has 0 saturated heterocycles. The van der Waals surface area contributed by atoms with Crippen LogP contribution in [0.4, 0.5) is 0 Å². The Labute approximate surface area is 225 Å². The van der Waals surface area contributed by atoms with Crippen molar-refractivity contribution in [2.75, 3.05) is 0 Å². The van der Waals surface area contributed by atoms with Crippen LogP contribution in [0.15, 0.2) is 36.5 Å². The highest BCUT2D eigenvalue weighted by Gasteiger charge is 2.30. The summed E-state index contributed by atoms with van der Waals surface area (Å²) < 4.78 is 0. The number of hydrogen-bond acceptors (Lipinski definition) is 0. The van der Waals surface area contributed by atoms with Gasteiger partial charge in [0, 0.05) is 0 Å². The minimum atomic E-state index is 0.694. The van der Waals surface area contributed by atoms with E-state index < -0.39 is 0 Å². The molecule has 0 aromatic carbocycles. The van der Waals surface area contributed by atoms with Crippen molar-refractivity contribution in [1.29, 1.82) is 0 Å². The van der Waals surface area contributed by atoms with Crippen LogP contribution < -0.4 is 0 Å². The summed E-state index contributed by atoms with van der Waals surface area (Å²) in [4.78, 5) is 0. The Morgan fingerprint density at radius 3 is 1.44 bits per heavy atom. The average Bonchev–Trinajstić information content (AvgIpc) is 2.93. The van der Waals surface area contributed by atoms with Crippen LogP contribution in [0.1, 0.15) is 142 Å². The highest BCUT2D eigenvalue weighted by Crippen LogP contribution is 2.43. The lowest BCUT2D eigenvalue weighted by atomic mass is 9.68. The molecule has 0 aromatic heterocycles. The van der Waals surface area contributed by atoms with E-state index in [4.69, 9.17) is 0 Å². The van der Waals surface area contributed by atoms with E-state index in [1.807, 2.05) is 0 Å². The van der Waals surface area contributed by atoms with Gasteiger partial charge in [0.15, 0.2) is 0 Å². The lowest BCUT2D eigenvalue weighted by Crippen LogP contribution is -2.25. The van der Waals surface area contributed by atoms with Gasteiger partial charge in [-0.05, 0) is 124 Å². The molecule has 4 aliphatic rings. The van der Waals surface area contributed by atoms with Gasteiger partial charge < -0.3 is 0 Å². The molecule has 4 aliphatic carbocycles. The Hall–Kier alpha value is -0.780. The molecule has 0 radical (unpaired) electrons. The van der Waals surface area contributed by atoms with Gasteiger partial charge in [0.05, 0.1) is 0 Å². The van der Waals surface area contributed by atoms with E-state index >= 15 is 0 Å². The van der Waals surface area contributed by atoms with Crippen LogP contribution in [0.3, 0.4) is 0 Å². The second-order valence-electron chi connectivity index (χ2n) is 13.6. The summed E-state index contributed by atoms with van der Waals surface area (Å²) in [6.45, 7) is 4.68. The molecule has 0 heterocycles. The van der Waals surface area contributed by atoms with Gasteiger partial charge in [0.25, 0.3) is 0 Å². The maximum Gasteiger partial charge on any atom is -0.00529 e. The van der Waals surface area contributed by atoms with Gasteiger partial charge in [-0.3, -0.25) is 0 Å². The fourth-order valence-electron chi connectivity index (χ4n) is 8.30. The molecule has 36 heavy (non-hydrogen) atoms. The first-order valence-electron chi connectivity index (χ1n) is 16.8. The summed E-state index contributed by atoms with van der Waals surface area (Å²) in [6, 6.07) is 0. The van der Waals surface area contributed by atoms with Crippen molar-refractivity contribution >= 4 is 0 Å². The third-order valence-electron chi connectivity index (χ3n) is 10.9. The predicted octanol–water partition coefficient (Wildman–Crippen LogP) is 11.5. The number of unbranched alkanes of at least 4 members (excludes halogenated alkanes) is 2. The van der Waals surface area contributed by atoms with Crippen molar-refractivity contribution < 1.29 is 0 Å². The maximum atomic E-state index is 2.63. The van der Waals surface area contributed by atoms with Gasteiger partial charge in [-0.2, -0.15) is 0 Å². The smallest absolute Gasteiger partial charge is 0.00529 e. The molecule has 3 saturated carbocycles. The quantitative estimate of drug-likeness (QED) is 0.199. The molecule has 0 aliphatic heterocycles. The van der Waals surface area contributed by atoms with E-state index in [2.05, 4.69) is 50.3 Å². The lowest BCUT2D eigenvalue weighted by Gasteiger charge is -2.37. The van der Waals surface area contributed by atoms with Gasteiger partial charge in [-0.1, -0.05) is 102 Å². The lowest BCUT2D eigenvalue weighted by molar-refractivity contribution is 0.151. The fourth-order valence-corrected chi connectivity index (χ4v) is 8.30. The van der Waals surface area contributed by atoms with Crippen LogP contribution >= 0.6 is 0 Å². The first kappa shape index (κ1) is 28.2. The van der Waals surface area contributed by atoms with Crippen LogP contribution in [0.25, 0.3) is 0 Å². The van der Waals surface area contributed by atoms with Gasteiger partial charge in [0.2, 0.25) is 0 Å². The van der Waals surface area contributed by atoms with E-state index in [0.717, 1.165) is 35.5 Å². The van der Waals surface area contributed by atoms with E-state index in [1.54, 1.807) is 25.7 Å². The highest BCUT2D eigenvalue weighted by molar-refractivity contribution is 5.12. The van der Waals surface area contributed by atoms with Crippen LogP contribution in [0.2, 0.25) is 0 Å². The Bertz CT molecular complexity index is 658. The maximum absolute atomic E-state index is 2.63. The molecule has 204 valence electrons. The van der Waals surface area contributed by atoms with Crippen molar-refractivity contribution in [1.82, 2.24) is 0 Å². The number of allylic oxidation sites excluding steroid dienone is 6. The molecule has 0 N–H and O–H groups in total. The monoisotopic (exact) mass is 492 g/mol. The Morgan fingerprint density at radius 1 is 0.472 bits per heavy atom. The van der Waals surface area contributed by atoms with Crippen LogP contribution in [-0.2, 0) is 0 Å². The normalized spacial score (nSPS) is 38.2. The first-order valence-corrected chi connectivity index (χ1v) is 16.8. The number of hydrogen-bond donors (Lipinski definition) is 0. The summed E-state index contributed by atoms with van der Waals surface area (Å²) in [7, 11) is 0. The summed E-state index contributed by atoms with van der Waals surface area (Å²) >= 11 is 0. The summed E-state index contributed by atoms with van der Waals surface area (Å²) in [6.07, 6.45) is 44.7. The summed E-state index contributed by atoms with van der Waals surface area (Å²) in [5, 5.41) is 0. The SMILES string of the molecule is CCCCCC1CCC(C2CCC(C=CC3C=CC(C=CC4CCC(CCC)CC4)CC3)CC2)CC1. The van der Waals surface area contributed by atoms with Crippen molar-refractivity contribution in [3.05, 3.63) is 36.5 Å². The van der Waals surface area contributed by atoms with Crippen molar-refractivity contribution in [3.8, 4) is 0 Å². The zero-order valence-corrected chi connectivity index (χ0v) is 24.2. The molecule has 0 bridgehead atoms. The first-order chi connectivity index (χ1) is 17.7. The molecule has 0 spiro atoms. The van der Waals surface area contributed by atoms with Gasteiger partial charge in [-0.25, -0.2) is 0 Å². The zero-order valence-electron chi connectivity index (χ0n) is 24.2. The molecular weight excluding hydrogens is 432 g/mol. The van der Waals surface area contributed by atoms with Crippen molar-refractivity contribution in [2.45, 2.75) is 142 Å². The molecule has 0 nitrogen and oxygen atoms in total. The molecule has 3 fully saturated rings. The van der Waals surface area contributed by atoms with Crippen LogP contribution in [0.5, 0.6) is 0 Å². The third kappa shape index (κ3) is 9.20. The summed E-state index contributed by atoms with van der Waals surface area (Å²) in [5.74, 6) is 7.32. The van der Waals surface area contributed by atoms with Crippen LogP contribution in [-0.4, -0.2) is 0 Å². The van der Waals surface area contributed by atoms with E-state index in [9.17, 15) is 0 Å². The van der Waals surface area contributed by atoms with Crippen molar-refractivity contribution in [2.24, 2.45) is 47.3 Å². The molecular formula is C36H60. The molecule has 0 amide bonds. The van der Waals surface area contributed by atoms with E-state index in [0.29, 0.717) is 11.8 Å². The van der Waals surface area contributed by atoms with E-state index in [1.165, 1.54) is 103 Å². The minimum absolute atomic E-state index is 0.694. The zero-order chi connectivity index (χ0) is 25.0. The molecule has 0 aromatic rings. The fraction of sp³-hybridized carbons (Fsp3) is 0.833. The van der Waals surface area contributed by atoms with Crippen LogP contribution in [0, 0.1) is 47.3 Å². The largest absolute Gasteiger partial charge is 0.0848 e. The Kier molecular flexibility index (Phi) is 12.2. The predicted molar refractivity (Wildman–Crippen MR) is 159 cm³/mol. The molecule has 2 atom stereocenters. The van der Waals surface area contributed by atoms with Gasteiger partial charge in [0.1, 0.15) is 0 Å². The average molecular weight is 493 g/mol. The van der Waals surface area contributed by atoms with Gasteiger partial charge in [-0.15, -0.1) is 0 Å². The summed E-state index contributed by atoms with van der Waals surface area (Å²) in [5.41, 5.74) is 0. The highest BCUT2D eigenvalue weighted by atomic mass is 14.4. The standard InChI is InChI=1S/C36H60/c1-3-5-6-8-30-21-25-35(26-22-30)36-27-23-34(24-28-36)20-19-33-17-15-32(16-18-33)14-13-31-11-9-29(7-4-2)10-12-31/h13-15,17,19-20,29-36H,3-12,16,18,21-28H2,1-2H3. The van der Waals surface area contributed by atoms with E-state index in [-0.39, 0.29) is 0 Å². The second-order valence-corrected chi connectivity index (χ2v) is 13.6.